The molecule has 1 aliphatic carbocycles. The molecule has 1 aliphatic heterocycles. The highest BCUT2D eigenvalue weighted by Crippen LogP contribution is 2.26. The standard InChI is InChI=1S/C12H15N3O3/c16-11-7-15(12(17)9-5-6-18-14-9)10-4-2-1-3-8(10)13-11/h5-6,8,10H,1-4,7H2,(H,13,16)/t8-,10+/m1/s1. The first-order chi connectivity index (χ1) is 8.75. The Labute approximate surface area is 104 Å². The van der Waals surface area contributed by atoms with Crippen LogP contribution in [0.3, 0.4) is 0 Å². The zero-order valence-corrected chi connectivity index (χ0v) is 9.96. The Kier molecular flexibility index (Phi) is 2.77. The molecule has 6 nitrogen and oxygen atoms in total. The van der Waals surface area contributed by atoms with Gasteiger partial charge in [0.2, 0.25) is 5.91 Å². The number of hydrogen-bond acceptors (Lipinski definition) is 4. The zero-order chi connectivity index (χ0) is 12.5. The van der Waals surface area contributed by atoms with Gasteiger partial charge in [-0.25, -0.2) is 0 Å². The van der Waals surface area contributed by atoms with E-state index in [9.17, 15) is 9.59 Å². The fourth-order valence-corrected chi connectivity index (χ4v) is 2.87. The van der Waals surface area contributed by atoms with Gasteiger partial charge in [-0.2, -0.15) is 0 Å². The lowest BCUT2D eigenvalue weighted by Gasteiger charge is -2.43. The van der Waals surface area contributed by atoms with E-state index in [0.29, 0.717) is 0 Å². The van der Waals surface area contributed by atoms with Crippen LogP contribution in [-0.2, 0) is 4.79 Å². The number of rotatable bonds is 1. The third-order valence-electron chi connectivity index (χ3n) is 3.71. The second-order valence-electron chi connectivity index (χ2n) is 4.84. The molecule has 3 rings (SSSR count). The first-order valence-electron chi connectivity index (χ1n) is 6.26. The molecule has 0 aromatic carbocycles. The third-order valence-corrected chi connectivity index (χ3v) is 3.71. The third kappa shape index (κ3) is 1.87. The summed E-state index contributed by atoms with van der Waals surface area (Å²) in [5, 5.41) is 6.63. The average molecular weight is 249 g/mol. The maximum atomic E-state index is 12.3. The SMILES string of the molecule is O=C1CN(C(=O)c2ccon2)[C@H]2CCCC[C@H]2N1. The van der Waals surface area contributed by atoms with Gasteiger partial charge < -0.3 is 14.7 Å². The van der Waals surface area contributed by atoms with Crippen LogP contribution in [0.2, 0.25) is 0 Å². The molecular formula is C12H15N3O3. The van der Waals surface area contributed by atoms with Crippen molar-refractivity contribution >= 4 is 11.8 Å². The molecule has 2 heterocycles. The minimum absolute atomic E-state index is 0.0880. The molecule has 6 heteroatoms. The Morgan fingerprint density at radius 2 is 2.28 bits per heavy atom. The van der Waals surface area contributed by atoms with E-state index in [1.54, 1.807) is 4.90 Å². The van der Waals surface area contributed by atoms with Gasteiger partial charge >= 0.3 is 0 Å². The molecule has 1 N–H and O–H groups in total. The normalized spacial score (nSPS) is 27.6. The summed E-state index contributed by atoms with van der Waals surface area (Å²) >= 11 is 0. The molecule has 1 saturated carbocycles. The minimum Gasteiger partial charge on any atom is -0.364 e. The average Bonchev–Trinajstić information content (AvgIpc) is 2.90. The van der Waals surface area contributed by atoms with Crippen LogP contribution >= 0.6 is 0 Å². The Balaban J connectivity index is 1.84. The van der Waals surface area contributed by atoms with E-state index in [-0.39, 0.29) is 36.1 Å². The van der Waals surface area contributed by atoms with Crippen molar-refractivity contribution < 1.29 is 14.1 Å². The summed E-state index contributed by atoms with van der Waals surface area (Å²) in [6.07, 6.45) is 5.45. The van der Waals surface area contributed by atoms with Crippen molar-refractivity contribution in [3.05, 3.63) is 18.0 Å². The van der Waals surface area contributed by atoms with Crippen LogP contribution in [0.25, 0.3) is 0 Å². The number of hydrogen-bond donors (Lipinski definition) is 1. The zero-order valence-electron chi connectivity index (χ0n) is 9.96. The number of nitrogens with one attached hydrogen (secondary N) is 1. The maximum absolute atomic E-state index is 12.3. The van der Waals surface area contributed by atoms with Crippen molar-refractivity contribution in [3.8, 4) is 0 Å². The molecule has 1 aromatic heterocycles. The van der Waals surface area contributed by atoms with Crippen LogP contribution in [0.4, 0.5) is 0 Å². The van der Waals surface area contributed by atoms with E-state index in [4.69, 9.17) is 4.52 Å². The van der Waals surface area contributed by atoms with Crippen LogP contribution in [0.1, 0.15) is 36.2 Å². The van der Waals surface area contributed by atoms with Gasteiger partial charge in [0, 0.05) is 12.1 Å². The van der Waals surface area contributed by atoms with Crippen LogP contribution in [0, 0.1) is 0 Å². The molecular weight excluding hydrogens is 234 g/mol. The summed E-state index contributed by atoms with van der Waals surface area (Å²) in [6.45, 7) is 0.118. The predicted octanol–water partition coefficient (Wildman–Crippen LogP) is 0.558. The molecule has 1 aromatic rings. The molecule has 0 bridgehead atoms. The quantitative estimate of drug-likeness (QED) is 0.789. The smallest absolute Gasteiger partial charge is 0.276 e. The Morgan fingerprint density at radius 3 is 3.06 bits per heavy atom. The fourth-order valence-electron chi connectivity index (χ4n) is 2.87. The number of aromatic nitrogens is 1. The first kappa shape index (κ1) is 11.3. The molecule has 2 fully saturated rings. The molecule has 2 amide bonds. The van der Waals surface area contributed by atoms with Gasteiger partial charge in [-0.15, -0.1) is 0 Å². The van der Waals surface area contributed by atoms with E-state index >= 15 is 0 Å². The summed E-state index contributed by atoms with van der Waals surface area (Å²) in [6, 6.07) is 1.73. The number of carbonyl (C=O) groups is 2. The topological polar surface area (TPSA) is 75.4 Å². The van der Waals surface area contributed by atoms with Crippen molar-refractivity contribution in [2.24, 2.45) is 0 Å². The Hall–Kier alpha value is -1.85. The van der Waals surface area contributed by atoms with Crippen LogP contribution in [0.5, 0.6) is 0 Å². The Morgan fingerprint density at radius 1 is 1.44 bits per heavy atom. The van der Waals surface area contributed by atoms with Gasteiger partial charge in [0.15, 0.2) is 5.69 Å². The summed E-state index contributed by atoms with van der Waals surface area (Å²) in [5.74, 6) is -0.300. The van der Waals surface area contributed by atoms with E-state index in [0.717, 1.165) is 25.7 Å². The van der Waals surface area contributed by atoms with Crippen molar-refractivity contribution in [1.29, 1.82) is 0 Å². The van der Waals surface area contributed by atoms with E-state index < -0.39 is 0 Å². The largest absolute Gasteiger partial charge is 0.364 e. The molecule has 96 valence electrons. The summed E-state index contributed by atoms with van der Waals surface area (Å²) in [4.78, 5) is 25.6. The van der Waals surface area contributed by atoms with E-state index in [1.165, 1.54) is 12.3 Å². The van der Waals surface area contributed by atoms with Crippen molar-refractivity contribution in [1.82, 2.24) is 15.4 Å². The number of amides is 2. The highest BCUT2D eigenvalue weighted by molar-refractivity contribution is 5.95. The second-order valence-corrected chi connectivity index (χ2v) is 4.84. The Bertz CT molecular complexity index is 457. The van der Waals surface area contributed by atoms with Gasteiger partial charge in [-0.3, -0.25) is 9.59 Å². The molecule has 0 unspecified atom stereocenters. The minimum atomic E-state index is -0.212. The lowest BCUT2D eigenvalue weighted by atomic mass is 9.87. The van der Waals surface area contributed by atoms with Crippen molar-refractivity contribution in [2.45, 2.75) is 37.8 Å². The number of nitrogens with zero attached hydrogens (tertiary/aromatic N) is 2. The molecule has 2 aliphatic rings. The monoisotopic (exact) mass is 249 g/mol. The predicted molar refractivity (Wildman–Crippen MR) is 61.7 cm³/mol. The molecule has 0 radical (unpaired) electrons. The molecule has 0 spiro atoms. The summed E-state index contributed by atoms with van der Waals surface area (Å²) < 4.78 is 4.69. The lowest BCUT2D eigenvalue weighted by molar-refractivity contribution is -0.127. The first-order valence-corrected chi connectivity index (χ1v) is 6.26. The van der Waals surface area contributed by atoms with E-state index in [2.05, 4.69) is 10.5 Å². The number of piperazine rings is 1. The van der Waals surface area contributed by atoms with Gasteiger partial charge in [0.1, 0.15) is 12.8 Å². The van der Waals surface area contributed by atoms with Gasteiger partial charge in [-0.1, -0.05) is 18.0 Å². The van der Waals surface area contributed by atoms with Crippen LogP contribution in [-0.4, -0.2) is 40.5 Å². The number of carbonyl (C=O) groups excluding carboxylic acids is 2. The molecule has 2 atom stereocenters. The molecule has 1 saturated heterocycles. The molecule has 18 heavy (non-hydrogen) atoms. The summed E-state index contributed by atoms with van der Waals surface area (Å²) in [5.41, 5.74) is 0.272. The van der Waals surface area contributed by atoms with E-state index in [1.807, 2.05) is 0 Å². The van der Waals surface area contributed by atoms with Gasteiger partial charge in [-0.05, 0) is 12.8 Å². The van der Waals surface area contributed by atoms with Crippen molar-refractivity contribution in [2.75, 3.05) is 6.54 Å². The van der Waals surface area contributed by atoms with Gasteiger partial charge in [0.05, 0.1) is 6.04 Å². The number of fused-ring (bicyclic) bond motifs is 1. The van der Waals surface area contributed by atoms with Crippen LogP contribution < -0.4 is 5.32 Å². The fraction of sp³-hybridized carbons (Fsp3) is 0.583. The van der Waals surface area contributed by atoms with Crippen LogP contribution in [0.15, 0.2) is 16.9 Å². The van der Waals surface area contributed by atoms with Gasteiger partial charge in [0.25, 0.3) is 5.91 Å². The highest BCUT2D eigenvalue weighted by Gasteiger charge is 2.39. The van der Waals surface area contributed by atoms with Crippen molar-refractivity contribution in [3.63, 3.8) is 0 Å². The highest BCUT2D eigenvalue weighted by atomic mass is 16.5. The maximum Gasteiger partial charge on any atom is 0.276 e. The summed E-state index contributed by atoms with van der Waals surface area (Å²) in [7, 11) is 0. The second kappa shape index (κ2) is 4.44. The lowest BCUT2D eigenvalue weighted by Crippen LogP contribution is -2.62.